The second-order valence-electron chi connectivity index (χ2n) is 7.33. The fourth-order valence-corrected chi connectivity index (χ4v) is 4.16. The van der Waals surface area contributed by atoms with Crippen LogP contribution in [0.3, 0.4) is 0 Å². The fraction of sp³-hybridized carbons (Fsp3) is 0.938. The predicted octanol–water partition coefficient (Wildman–Crippen LogP) is -0.0293. The van der Waals surface area contributed by atoms with Crippen molar-refractivity contribution >= 4 is 16.0 Å². The second kappa shape index (κ2) is 8.66. The Bertz CT molecular complexity index is 552. The smallest absolute Gasteiger partial charge is 0.216 e. The van der Waals surface area contributed by atoms with Gasteiger partial charge in [0.1, 0.15) is 0 Å². The monoisotopic (exact) mass is 376 g/mol. The van der Waals surface area contributed by atoms with E-state index in [0.29, 0.717) is 26.2 Å². The molecule has 0 aliphatic carbocycles. The molecule has 0 spiro atoms. The van der Waals surface area contributed by atoms with Crippen molar-refractivity contribution in [3.05, 3.63) is 0 Å². The lowest BCUT2D eigenvalue weighted by Gasteiger charge is -2.40. The van der Waals surface area contributed by atoms with Crippen molar-refractivity contribution in [3.63, 3.8) is 0 Å². The zero-order valence-electron chi connectivity index (χ0n) is 15.8. The van der Waals surface area contributed by atoms with Crippen molar-refractivity contribution in [2.75, 3.05) is 65.3 Å². The first-order chi connectivity index (χ1) is 11.8. The highest BCUT2D eigenvalue weighted by molar-refractivity contribution is 7.89. The molecule has 2 aliphatic rings. The van der Waals surface area contributed by atoms with Crippen LogP contribution in [-0.2, 0) is 19.5 Å². The first-order valence-electron chi connectivity index (χ1n) is 8.88. The highest BCUT2D eigenvalue weighted by Gasteiger charge is 2.34. The SMILES string of the molecule is CN=C(NCC1(C)COC1)N1CCN(S(=O)(=O)CCOC(C)C)CC1. The number of ether oxygens (including phenoxy) is 2. The molecule has 0 unspecified atom stereocenters. The topological polar surface area (TPSA) is 83.5 Å². The third-order valence-electron chi connectivity index (χ3n) is 4.51. The molecular formula is C16H32N4O4S. The molecule has 0 aromatic heterocycles. The standard InChI is InChI=1S/C16H32N4O4S/c1-14(2)24-9-10-25(21,22)20-7-5-19(6-8-20)15(17-4)18-11-16(3)12-23-13-16/h14H,5-13H2,1-4H3,(H,17,18). The van der Waals surface area contributed by atoms with E-state index >= 15 is 0 Å². The molecule has 0 radical (unpaired) electrons. The van der Waals surface area contributed by atoms with Crippen LogP contribution in [0.25, 0.3) is 0 Å². The minimum atomic E-state index is -3.26. The summed E-state index contributed by atoms with van der Waals surface area (Å²) in [6.07, 6.45) is 0.0457. The van der Waals surface area contributed by atoms with Gasteiger partial charge in [-0.25, -0.2) is 8.42 Å². The molecule has 2 aliphatic heterocycles. The lowest BCUT2D eigenvalue weighted by Crippen LogP contribution is -2.56. The maximum Gasteiger partial charge on any atom is 0.216 e. The number of nitrogens with zero attached hydrogens (tertiary/aromatic N) is 3. The van der Waals surface area contributed by atoms with Crippen LogP contribution in [0.5, 0.6) is 0 Å². The second-order valence-corrected chi connectivity index (χ2v) is 9.41. The van der Waals surface area contributed by atoms with Gasteiger partial charge in [-0.3, -0.25) is 4.99 Å². The predicted molar refractivity (Wildman–Crippen MR) is 98.3 cm³/mol. The van der Waals surface area contributed by atoms with Crippen LogP contribution >= 0.6 is 0 Å². The number of guanidine groups is 1. The van der Waals surface area contributed by atoms with E-state index in [1.54, 1.807) is 11.4 Å². The minimum Gasteiger partial charge on any atom is -0.380 e. The quantitative estimate of drug-likeness (QED) is 0.496. The van der Waals surface area contributed by atoms with Gasteiger partial charge < -0.3 is 19.7 Å². The third-order valence-corrected chi connectivity index (χ3v) is 6.34. The van der Waals surface area contributed by atoms with Crippen LogP contribution in [0, 0.1) is 5.41 Å². The van der Waals surface area contributed by atoms with Crippen molar-refractivity contribution in [3.8, 4) is 0 Å². The lowest BCUT2D eigenvalue weighted by atomic mass is 9.89. The highest BCUT2D eigenvalue weighted by atomic mass is 32.2. The van der Waals surface area contributed by atoms with E-state index in [9.17, 15) is 8.42 Å². The van der Waals surface area contributed by atoms with Crippen molar-refractivity contribution < 1.29 is 17.9 Å². The first-order valence-corrected chi connectivity index (χ1v) is 10.5. The van der Waals surface area contributed by atoms with E-state index in [0.717, 1.165) is 25.7 Å². The van der Waals surface area contributed by atoms with Gasteiger partial charge in [-0.15, -0.1) is 0 Å². The van der Waals surface area contributed by atoms with Crippen LogP contribution in [-0.4, -0.2) is 95.0 Å². The number of aliphatic imine (C=N–C) groups is 1. The highest BCUT2D eigenvalue weighted by Crippen LogP contribution is 2.25. The summed E-state index contributed by atoms with van der Waals surface area (Å²) in [6, 6.07) is 0. The van der Waals surface area contributed by atoms with E-state index in [2.05, 4.69) is 22.1 Å². The maximum atomic E-state index is 12.4. The molecule has 0 bridgehead atoms. The zero-order chi connectivity index (χ0) is 18.5. The minimum absolute atomic E-state index is 0.0382. The molecule has 2 saturated heterocycles. The van der Waals surface area contributed by atoms with Crippen molar-refractivity contribution in [1.82, 2.24) is 14.5 Å². The van der Waals surface area contributed by atoms with Crippen molar-refractivity contribution in [2.24, 2.45) is 10.4 Å². The number of hydrogen-bond donors (Lipinski definition) is 1. The van der Waals surface area contributed by atoms with E-state index in [-0.39, 0.29) is 23.9 Å². The van der Waals surface area contributed by atoms with Gasteiger partial charge in [0.05, 0.1) is 31.7 Å². The molecule has 0 aromatic rings. The average molecular weight is 377 g/mol. The van der Waals surface area contributed by atoms with E-state index in [1.165, 1.54) is 0 Å². The van der Waals surface area contributed by atoms with Crippen LogP contribution < -0.4 is 5.32 Å². The van der Waals surface area contributed by atoms with Gasteiger partial charge in [-0.05, 0) is 13.8 Å². The molecule has 25 heavy (non-hydrogen) atoms. The number of nitrogens with one attached hydrogen (secondary N) is 1. The van der Waals surface area contributed by atoms with Crippen LogP contribution in [0.4, 0.5) is 0 Å². The lowest BCUT2D eigenvalue weighted by molar-refractivity contribution is -0.0973. The van der Waals surface area contributed by atoms with Gasteiger partial charge in [-0.2, -0.15) is 4.31 Å². The summed E-state index contributed by atoms with van der Waals surface area (Å²) in [4.78, 5) is 6.44. The normalized spacial score (nSPS) is 22.1. The molecule has 146 valence electrons. The average Bonchev–Trinajstić information content (AvgIpc) is 2.53. The molecule has 2 rings (SSSR count). The Labute approximate surface area is 151 Å². The maximum absolute atomic E-state index is 12.4. The Morgan fingerprint density at radius 2 is 1.92 bits per heavy atom. The Kier molecular flexibility index (Phi) is 7.07. The Morgan fingerprint density at radius 1 is 1.28 bits per heavy atom. The summed E-state index contributed by atoms with van der Waals surface area (Å²) >= 11 is 0. The van der Waals surface area contributed by atoms with E-state index < -0.39 is 10.0 Å². The largest absolute Gasteiger partial charge is 0.380 e. The van der Waals surface area contributed by atoms with Gasteiger partial charge in [-0.1, -0.05) is 6.92 Å². The molecule has 2 heterocycles. The summed E-state index contributed by atoms with van der Waals surface area (Å²) in [7, 11) is -1.50. The Morgan fingerprint density at radius 3 is 2.40 bits per heavy atom. The fourth-order valence-electron chi connectivity index (χ4n) is 2.87. The molecule has 2 fully saturated rings. The van der Waals surface area contributed by atoms with Crippen molar-refractivity contribution in [2.45, 2.75) is 26.9 Å². The van der Waals surface area contributed by atoms with Crippen LogP contribution in [0.15, 0.2) is 4.99 Å². The van der Waals surface area contributed by atoms with Gasteiger partial charge in [0.25, 0.3) is 0 Å². The molecule has 1 N–H and O–H groups in total. The number of hydrogen-bond acceptors (Lipinski definition) is 5. The number of sulfonamides is 1. The molecule has 0 aromatic carbocycles. The summed E-state index contributed by atoms with van der Waals surface area (Å²) < 4.78 is 37.0. The summed E-state index contributed by atoms with van der Waals surface area (Å²) in [6.45, 7) is 10.8. The molecule has 0 amide bonds. The van der Waals surface area contributed by atoms with Crippen molar-refractivity contribution in [1.29, 1.82) is 0 Å². The number of rotatable bonds is 7. The van der Waals surface area contributed by atoms with E-state index in [1.807, 2.05) is 13.8 Å². The molecule has 8 nitrogen and oxygen atoms in total. The van der Waals surface area contributed by atoms with Gasteiger partial charge in [0.2, 0.25) is 10.0 Å². The third kappa shape index (κ3) is 5.80. The molecule has 0 atom stereocenters. The van der Waals surface area contributed by atoms with Crippen LogP contribution in [0.2, 0.25) is 0 Å². The van der Waals surface area contributed by atoms with Crippen LogP contribution in [0.1, 0.15) is 20.8 Å². The summed E-state index contributed by atoms with van der Waals surface area (Å²) in [5.41, 5.74) is 0.164. The van der Waals surface area contributed by atoms with E-state index in [4.69, 9.17) is 9.47 Å². The molecule has 0 saturated carbocycles. The first kappa shape index (κ1) is 20.4. The Balaban J connectivity index is 1.79. The summed E-state index contributed by atoms with van der Waals surface area (Å²) in [5, 5.41) is 3.39. The van der Waals surface area contributed by atoms with Gasteiger partial charge in [0, 0.05) is 45.2 Å². The van der Waals surface area contributed by atoms with Gasteiger partial charge in [0.15, 0.2) is 5.96 Å². The van der Waals surface area contributed by atoms with Gasteiger partial charge >= 0.3 is 0 Å². The Hall–Kier alpha value is -0.900. The zero-order valence-corrected chi connectivity index (χ0v) is 16.6. The number of piperazine rings is 1. The molecular weight excluding hydrogens is 344 g/mol. The summed E-state index contributed by atoms with van der Waals surface area (Å²) in [5.74, 6) is 0.865. The molecule has 9 heteroatoms.